The van der Waals surface area contributed by atoms with Crippen LogP contribution in [0.2, 0.25) is 0 Å². The van der Waals surface area contributed by atoms with Crippen molar-refractivity contribution in [2.75, 3.05) is 12.3 Å². The molecule has 0 aliphatic carbocycles. The van der Waals surface area contributed by atoms with Gasteiger partial charge in [0.2, 0.25) is 5.95 Å². The van der Waals surface area contributed by atoms with Crippen LogP contribution < -0.4 is 5.73 Å². The summed E-state index contributed by atoms with van der Waals surface area (Å²) in [5, 5.41) is 6.58. The third kappa shape index (κ3) is 3.05. The van der Waals surface area contributed by atoms with E-state index in [1.165, 1.54) is 0 Å². The van der Waals surface area contributed by atoms with Crippen LogP contribution >= 0.6 is 12.2 Å². The van der Waals surface area contributed by atoms with Gasteiger partial charge in [-0.25, -0.2) is 5.10 Å². The van der Waals surface area contributed by atoms with E-state index >= 15 is 0 Å². The fourth-order valence-electron chi connectivity index (χ4n) is 1.87. The van der Waals surface area contributed by atoms with Crippen LogP contribution in [0.4, 0.5) is 5.95 Å². The summed E-state index contributed by atoms with van der Waals surface area (Å²) < 4.78 is 2.41. The summed E-state index contributed by atoms with van der Waals surface area (Å²) in [4.78, 5) is 2.40. The van der Waals surface area contributed by atoms with Gasteiger partial charge in [0.1, 0.15) is 0 Å². The van der Waals surface area contributed by atoms with Crippen LogP contribution in [0, 0.1) is 4.77 Å². The molecular formula is C10H21N5S. The first kappa shape index (κ1) is 13.2. The standard InChI is InChI=1S/C10H21N5S/c1-7(2)14(8(3)4)5-6-15-9(11)12-13-10(15)16/h7-8H,5-6H2,1-4H3,(H2,11,12)(H,13,16). The van der Waals surface area contributed by atoms with E-state index in [9.17, 15) is 0 Å². The zero-order chi connectivity index (χ0) is 12.3. The number of aromatic nitrogens is 3. The number of anilines is 1. The van der Waals surface area contributed by atoms with E-state index in [4.69, 9.17) is 18.0 Å². The summed E-state index contributed by atoms with van der Waals surface area (Å²) in [5.41, 5.74) is 5.72. The number of nitrogens with zero attached hydrogens (tertiary/aromatic N) is 3. The van der Waals surface area contributed by atoms with E-state index in [1.807, 2.05) is 4.57 Å². The van der Waals surface area contributed by atoms with Crippen molar-refractivity contribution in [1.82, 2.24) is 19.7 Å². The van der Waals surface area contributed by atoms with Crippen LogP contribution in [-0.4, -0.2) is 38.3 Å². The minimum atomic E-state index is 0.456. The molecule has 1 rings (SSSR count). The van der Waals surface area contributed by atoms with Crippen molar-refractivity contribution in [1.29, 1.82) is 0 Å². The molecule has 0 aromatic carbocycles. The van der Waals surface area contributed by atoms with Crippen LogP contribution in [0.15, 0.2) is 0 Å². The number of aromatic amines is 1. The second-order valence-electron chi connectivity index (χ2n) is 4.46. The lowest BCUT2D eigenvalue weighted by Gasteiger charge is -2.30. The van der Waals surface area contributed by atoms with Crippen molar-refractivity contribution in [2.45, 2.75) is 46.3 Å². The molecule has 0 unspecified atom stereocenters. The third-order valence-electron chi connectivity index (χ3n) is 2.70. The van der Waals surface area contributed by atoms with E-state index in [-0.39, 0.29) is 0 Å². The number of nitrogens with one attached hydrogen (secondary N) is 1. The monoisotopic (exact) mass is 243 g/mol. The predicted molar refractivity (Wildman–Crippen MR) is 68.8 cm³/mol. The average Bonchev–Trinajstić information content (AvgIpc) is 2.47. The Morgan fingerprint density at radius 1 is 1.38 bits per heavy atom. The van der Waals surface area contributed by atoms with Crippen LogP contribution in [0.1, 0.15) is 27.7 Å². The van der Waals surface area contributed by atoms with Gasteiger partial charge < -0.3 is 5.73 Å². The molecule has 0 spiro atoms. The van der Waals surface area contributed by atoms with Gasteiger partial charge in [-0.15, -0.1) is 5.10 Å². The number of hydrogen-bond acceptors (Lipinski definition) is 4. The van der Waals surface area contributed by atoms with Crippen LogP contribution in [0.3, 0.4) is 0 Å². The van der Waals surface area contributed by atoms with E-state index < -0.39 is 0 Å². The van der Waals surface area contributed by atoms with E-state index in [1.54, 1.807) is 0 Å². The molecule has 0 atom stereocenters. The third-order valence-corrected chi connectivity index (χ3v) is 3.01. The maximum absolute atomic E-state index is 5.72. The predicted octanol–water partition coefficient (Wildman–Crippen LogP) is 1.64. The molecular weight excluding hydrogens is 222 g/mol. The van der Waals surface area contributed by atoms with Crippen molar-refractivity contribution in [3.05, 3.63) is 4.77 Å². The molecule has 0 amide bonds. The molecule has 16 heavy (non-hydrogen) atoms. The molecule has 3 N–H and O–H groups in total. The fraction of sp³-hybridized carbons (Fsp3) is 0.800. The van der Waals surface area contributed by atoms with Crippen molar-refractivity contribution < 1.29 is 0 Å². The lowest BCUT2D eigenvalue weighted by molar-refractivity contribution is 0.168. The zero-order valence-electron chi connectivity index (χ0n) is 10.4. The van der Waals surface area contributed by atoms with Crippen molar-refractivity contribution in [3.63, 3.8) is 0 Å². The Hall–Kier alpha value is -0.880. The van der Waals surface area contributed by atoms with Crippen molar-refractivity contribution >= 4 is 18.2 Å². The number of hydrogen-bond donors (Lipinski definition) is 2. The van der Waals surface area contributed by atoms with Gasteiger partial charge in [0, 0.05) is 25.2 Å². The number of rotatable bonds is 5. The summed E-state index contributed by atoms with van der Waals surface area (Å²) in [6, 6.07) is 1.03. The minimum Gasteiger partial charge on any atom is -0.368 e. The first-order valence-corrected chi connectivity index (χ1v) is 6.00. The summed E-state index contributed by atoms with van der Waals surface area (Å²) in [6.45, 7) is 10.5. The van der Waals surface area contributed by atoms with Gasteiger partial charge in [-0.2, -0.15) is 0 Å². The Kier molecular flexibility index (Phi) is 4.49. The van der Waals surface area contributed by atoms with Crippen molar-refractivity contribution in [3.8, 4) is 0 Å². The van der Waals surface area contributed by atoms with Gasteiger partial charge in [-0.3, -0.25) is 9.47 Å². The van der Waals surface area contributed by atoms with E-state index in [2.05, 4.69) is 42.8 Å². The first-order valence-electron chi connectivity index (χ1n) is 5.60. The number of nitrogens with two attached hydrogens (primary N) is 1. The Labute approximate surface area is 102 Å². The molecule has 0 aliphatic rings. The average molecular weight is 243 g/mol. The molecule has 1 aromatic rings. The van der Waals surface area contributed by atoms with Crippen LogP contribution in [-0.2, 0) is 6.54 Å². The lowest BCUT2D eigenvalue weighted by atomic mass is 10.2. The van der Waals surface area contributed by atoms with Gasteiger partial charge in [0.05, 0.1) is 0 Å². The second-order valence-corrected chi connectivity index (χ2v) is 4.85. The summed E-state index contributed by atoms with van der Waals surface area (Å²) in [5.74, 6) is 0.456. The highest BCUT2D eigenvalue weighted by Crippen LogP contribution is 2.06. The molecule has 1 aromatic heterocycles. The Balaban J connectivity index is 2.66. The molecule has 0 saturated heterocycles. The van der Waals surface area contributed by atoms with Gasteiger partial charge in [-0.1, -0.05) is 0 Å². The van der Waals surface area contributed by atoms with E-state index in [0.717, 1.165) is 13.1 Å². The highest BCUT2D eigenvalue weighted by Gasteiger charge is 2.13. The quantitative estimate of drug-likeness (QED) is 0.772. The summed E-state index contributed by atoms with van der Waals surface area (Å²) in [7, 11) is 0. The van der Waals surface area contributed by atoms with Crippen LogP contribution in [0.25, 0.3) is 0 Å². The normalized spacial score (nSPS) is 11.9. The Morgan fingerprint density at radius 3 is 2.31 bits per heavy atom. The molecule has 0 radical (unpaired) electrons. The van der Waals surface area contributed by atoms with Crippen molar-refractivity contribution in [2.24, 2.45) is 0 Å². The number of nitrogen functional groups attached to an aromatic ring is 1. The van der Waals surface area contributed by atoms with Crippen LogP contribution in [0.5, 0.6) is 0 Å². The molecule has 6 heteroatoms. The van der Waals surface area contributed by atoms with Gasteiger partial charge in [0.25, 0.3) is 0 Å². The van der Waals surface area contributed by atoms with E-state index in [0.29, 0.717) is 22.8 Å². The van der Waals surface area contributed by atoms with Gasteiger partial charge in [0.15, 0.2) is 4.77 Å². The second kappa shape index (κ2) is 5.45. The summed E-state index contributed by atoms with van der Waals surface area (Å²) >= 11 is 5.10. The molecule has 0 aliphatic heterocycles. The maximum atomic E-state index is 5.72. The largest absolute Gasteiger partial charge is 0.368 e. The SMILES string of the molecule is CC(C)N(CCn1c(N)n[nH]c1=S)C(C)C. The molecule has 5 nitrogen and oxygen atoms in total. The summed E-state index contributed by atoms with van der Waals surface area (Å²) in [6.07, 6.45) is 0. The van der Waals surface area contributed by atoms with Gasteiger partial charge in [-0.05, 0) is 39.9 Å². The highest BCUT2D eigenvalue weighted by molar-refractivity contribution is 7.71. The Morgan fingerprint density at radius 2 is 1.94 bits per heavy atom. The smallest absolute Gasteiger partial charge is 0.220 e. The molecule has 1 heterocycles. The zero-order valence-corrected chi connectivity index (χ0v) is 11.2. The minimum absolute atomic E-state index is 0.456. The highest BCUT2D eigenvalue weighted by atomic mass is 32.1. The van der Waals surface area contributed by atoms with Gasteiger partial charge >= 0.3 is 0 Å². The lowest BCUT2D eigenvalue weighted by Crippen LogP contribution is -2.39. The Bertz CT molecular complexity index is 371. The fourth-order valence-corrected chi connectivity index (χ4v) is 2.10. The molecule has 92 valence electrons. The molecule has 0 bridgehead atoms. The molecule has 0 fully saturated rings. The first-order chi connectivity index (χ1) is 7.43. The number of H-pyrrole nitrogens is 1. The topological polar surface area (TPSA) is 62.9 Å². The maximum Gasteiger partial charge on any atom is 0.220 e. The molecule has 0 saturated carbocycles.